The normalized spacial score (nSPS) is 9.57. The van der Waals surface area contributed by atoms with Crippen LogP contribution in [0.5, 0.6) is 0 Å². The van der Waals surface area contributed by atoms with Crippen LogP contribution in [0.2, 0.25) is 0 Å². The van der Waals surface area contributed by atoms with Gasteiger partial charge in [-0.3, -0.25) is 4.79 Å². The van der Waals surface area contributed by atoms with Crippen LogP contribution in [0.25, 0.3) is 0 Å². The molecule has 0 aliphatic carbocycles. The molecule has 4 heteroatoms. The Labute approximate surface area is 101 Å². The topological polar surface area (TPSA) is 40.9 Å². The average molecular weight is 320 g/mol. The monoisotopic (exact) mass is 319 g/mol. The first-order chi connectivity index (χ1) is 6.61. The Morgan fingerprint density at radius 3 is 2.79 bits per heavy atom. The minimum absolute atomic E-state index is 0.0493. The molecule has 0 radical (unpaired) electrons. The summed E-state index contributed by atoms with van der Waals surface area (Å²) in [6.07, 6.45) is 0. The summed E-state index contributed by atoms with van der Waals surface area (Å²) in [6, 6.07) is 5.55. The number of alkyl halides is 1. The summed E-state index contributed by atoms with van der Waals surface area (Å²) in [6.45, 7) is 1.76. The number of hydrogen-bond acceptors (Lipinski definition) is 2. The molecule has 2 nitrogen and oxygen atoms in total. The molecule has 14 heavy (non-hydrogen) atoms. The molecule has 0 saturated carbocycles. The predicted octanol–water partition coefficient (Wildman–Crippen LogP) is 2.89. The van der Waals surface area contributed by atoms with Crippen LogP contribution in [-0.2, 0) is 0 Å². The Balaban J connectivity index is 3.37. The van der Waals surface area contributed by atoms with E-state index >= 15 is 0 Å². The Morgan fingerprint density at radius 1 is 1.64 bits per heavy atom. The van der Waals surface area contributed by atoms with Crippen LogP contribution in [0, 0.1) is 21.8 Å². The molecule has 0 spiro atoms. The largest absolute Gasteiger partial charge is 0.293 e. The Morgan fingerprint density at radius 2 is 2.29 bits per heavy atom. The number of nitriles is 1. The van der Waals surface area contributed by atoms with Gasteiger partial charge in [-0.15, -0.1) is 11.6 Å². The van der Waals surface area contributed by atoms with E-state index in [2.05, 4.69) is 28.7 Å². The van der Waals surface area contributed by atoms with E-state index in [4.69, 9.17) is 16.9 Å². The van der Waals surface area contributed by atoms with Crippen LogP contribution in [0.15, 0.2) is 12.1 Å². The van der Waals surface area contributed by atoms with Crippen LogP contribution >= 0.6 is 34.2 Å². The third-order valence-electron chi connectivity index (χ3n) is 1.95. The van der Waals surface area contributed by atoms with Gasteiger partial charge in [0.25, 0.3) is 0 Å². The molecular weight excluding hydrogens is 312 g/mol. The standard InChI is InChI=1S/C10H7ClINO/c1-6-7(10(14)4-11)2-3-9(12)8(6)5-13/h2-3H,4H2,1H3. The third kappa shape index (κ3) is 2.07. The van der Waals surface area contributed by atoms with Crippen molar-refractivity contribution in [1.29, 1.82) is 5.26 Å². The molecular formula is C10H7ClINO. The van der Waals surface area contributed by atoms with Crippen molar-refractivity contribution in [2.75, 3.05) is 5.88 Å². The number of Topliss-reactive ketones (excluding diaryl/α,β-unsaturated/α-hetero) is 1. The fourth-order valence-electron chi connectivity index (χ4n) is 1.19. The van der Waals surface area contributed by atoms with Gasteiger partial charge in [-0.2, -0.15) is 5.26 Å². The van der Waals surface area contributed by atoms with E-state index in [0.29, 0.717) is 16.7 Å². The minimum atomic E-state index is -0.142. The van der Waals surface area contributed by atoms with Gasteiger partial charge in [-0.05, 0) is 47.2 Å². The van der Waals surface area contributed by atoms with E-state index in [0.717, 1.165) is 3.57 Å². The number of halogens is 2. The van der Waals surface area contributed by atoms with Gasteiger partial charge in [0.05, 0.1) is 11.4 Å². The number of rotatable bonds is 2. The maximum Gasteiger partial charge on any atom is 0.177 e. The van der Waals surface area contributed by atoms with Gasteiger partial charge in [0.1, 0.15) is 6.07 Å². The van der Waals surface area contributed by atoms with Crippen molar-refractivity contribution in [1.82, 2.24) is 0 Å². The molecule has 72 valence electrons. The van der Waals surface area contributed by atoms with E-state index in [9.17, 15) is 4.79 Å². The zero-order valence-corrected chi connectivity index (χ0v) is 10.4. The first-order valence-corrected chi connectivity index (χ1v) is 5.51. The van der Waals surface area contributed by atoms with Crippen molar-refractivity contribution in [2.45, 2.75) is 6.92 Å². The van der Waals surface area contributed by atoms with Gasteiger partial charge in [-0.1, -0.05) is 0 Å². The number of ketones is 1. The summed E-state index contributed by atoms with van der Waals surface area (Å²) in [4.78, 5) is 11.4. The van der Waals surface area contributed by atoms with E-state index in [-0.39, 0.29) is 11.7 Å². The Kier molecular flexibility index (Phi) is 3.90. The molecule has 0 unspecified atom stereocenters. The maximum atomic E-state index is 11.4. The second-order valence-corrected chi connectivity index (χ2v) is 4.19. The molecule has 1 aromatic carbocycles. The maximum absolute atomic E-state index is 11.4. The van der Waals surface area contributed by atoms with Crippen LogP contribution < -0.4 is 0 Å². The highest BCUT2D eigenvalue weighted by Crippen LogP contribution is 2.20. The summed E-state index contributed by atoms with van der Waals surface area (Å²) in [5, 5.41) is 8.88. The molecule has 0 bridgehead atoms. The summed E-state index contributed by atoms with van der Waals surface area (Å²) in [5.74, 6) is -0.191. The van der Waals surface area contributed by atoms with E-state index in [1.54, 1.807) is 19.1 Å². The number of hydrogen-bond donors (Lipinski definition) is 0. The van der Waals surface area contributed by atoms with Crippen LogP contribution in [0.3, 0.4) is 0 Å². The molecule has 0 aromatic heterocycles. The molecule has 1 rings (SSSR count). The van der Waals surface area contributed by atoms with Crippen molar-refractivity contribution in [3.05, 3.63) is 32.4 Å². The smallest absolute Gasteiger partial charge is 0.177 e. The molecule has 0 atom stereocenters. The van der Waals surface area contributed by atoms with Gasteiger partial charge >= 0.3 is 0 Å². The first-order valence-electron chi connectivity index (χ1n) is 3.90. The van der Waals surface area contributed by atoms with Crippen molar-refractivity contribution in [3.8, 4) is 6.07 Å². The second kappa shape index (κ2) is 4.76. The lowest BCUT2D eigenvalue weighted by molar-refractivity contribution is 0.102. The van der Waals surface area contributed by atoms with E-state index in [1.807, 2.05) is 0 Å². The molecule has 0 N–H and O–H groups in total. The summed E-state index contributed by atoms with van der Waals surface area (Å²) >= 11 is 7.53. The zero-order valence-electron chi connectivity index (χ0n) is 7.47. The fraction of sp³-hybridized carbons (Fsp3) is 0.200. The highest BCUT2D eigenvalue weighted by molar-refractivity contribution is 14.1. The van der Waals surface area contributed by atoms with Gasteiger partial charge < -0.3 is 0 Å². The number of carbonyl (C=O) groups excluding carboxylic acids is 1. The number of benzene rings is 1. The van der Waals surface area contributed by atoms with Crippen LogP contribution in [0.4, 0.5) is 0 Å². The summed E-state index contributed by atoms with van der Waals surface area (Å²) < 4.78 is 0.855. The minimum Gasteiger partial charge on any atom is -0.293 e. The highest BCUT2D eigenvalue weighted by Gasteiger charge is 2.12. The first kappa shape index (κ1) is 11.5. The molecule has 0 aliphatic rings. The van der Waals surface area contributed by atoms with Gasteiger partial charge in [0.15, 0.2) is 5.78 Å². The third-order valence-corrected chi connectivity index (χ3v) is 3.09. The summed E-state index contributed by atoms with van der Waals surface area (Å²) in [5.41, 5.74) is 1.81. The molecule has 0 saturated heterocycles. The quantitative estimate of drug-likeness (QED) is 0.478. The predicted molar refractivity (Wildman–Crippen MR) is 63.7 cm³/mol. The van der Waals surface area contributed by atoms with Crippen molar-refractivity contribution < 1.29 is 4.79 Å². The lowest BCUT2D eigenvalue weighted by Crippen LogP contribution is -2.05. The van der Waals surface area contributed by atoms with Crippen molar-refractivity contribution >= 4 is 40.0 Å². The SMILES string of the molecule is Cc1c(C(=O)CCl)ccc(I)c1C#N. The van der Waals surface area contributed by atoms with Crippen LogP contribution in [0.1, 0.15) is 21.5 Å². The lowest BCUT2D eigenvalue weighted by Gasteiger charge is -2.05. The zero-order chi connectivity index (χ0) is 10.7. The van der Waals surface area contributed by atoms with Crippen molar-refractivity contribution in [3.63, 3.8) is 0 Å². The Hall–Kier alpha value is -0.600. The molecule has 0 heterocycles. The fourth-order valence-corrected chi connectivity index (χ4v) is 2.04. The van der Waals surface area contributed by atoms with Crippen LogP contribution in [-0.4, -0.2) is 11.7 Å². The molecule has 0 amide bonds. The average Bonchev–Trinajstić information content (AvgIpc) is 2.18. The second-order valence-electron chi connectivity index (χ2n) is 2.76. The molecule has 0 fully saturated rings. The van der Waals surface area contributed by atoms with Gasteiger partial charge in [0, 0.05) is 9.13 Å². The van der Waals surface area contributed by atoms with E-state index < -0.39 is 0 Å². The van der Waals surface area contributed by atoms with Gasteiger partial charge in [-0.25, -0.2) is 0 Å². The molecule has 0 aliphatic heterocycles. The highest BCUT2D eigenvalue weighted by atomic mass is 127. The van der Waals surface area contributed by atoms with Crippen molar-refractivity contribution in [2.24, 2.45) is 0 Å². The Bertz CT molecular complexity index is 423. The molecule has 1 aromatic rings. The summed E-state index contributed by atoms with van der Waals surface area (Å²) in [7, 11) is 0. The van der Waals surface area contributed by atoms with Gasteiger partial charge in [0.2, 0.25) is 0 Å². The number of carbonyl (C=O) groups is 1. The van der Waals surface area contributed by atoms with E-state index in [1.165, 1.54) is 0 Å². The number of nitrogens with zero attached hydrogens (tertiary/aromatic N) is 1. The lowest BCUT2D eigenvalue weighted by atomic mass is 10.0.